The maximum Gasteiger partial charge on any atom is 0.261 e. The van der Waals surface area contributed by atoms with E-state index in [2.05, 4.69) is 9.62 Å². The average molecular weight is 483 g/mol. The van der Waals surface area contributed by atoms with Crippen LogP contribution in [0.25, 0.3) is 0 Å². The molecule has 3 N–H and O–H groups in total. The Morgan fingerprint density at radius 3 is 2.24 bits per heavy atom. The van der Waals surface area contributed by atoms with Crippen LogP contribution in [0.4, 0.5) is 11.4 Å². The van der Waals surface area contributed by atoms with Crippen LogP contribution in [-0.4, -0.2) is 44.8 Å². The second kappa shape index (κ2) is 12.3. The lowest BCUT2D eigenvalue weighted by atomic mass is 10.1. The zero-order valence-electron chi connectivity index (χ0n) is 16.1. The molecule has 0 aliphatic heterocycles. The van der Waals surface area contributed by atoms with Gasteiger partial charge < -0.3 is 10.5 Å². The molecule has 0 heterocycles. The summed E-state index contributed by atoms with van der Waals surface area (Å²) in [6, 6.07) is 11.2. The van der Waals surface area contributed by atoms with Gasteiger partial charge in [-0.1, -0.05) is 0 Å². The number of halogens is 3. The third-order valence-electron chi connectivity index (χ3n) is 4.00. The van der Waals surface area contributed by atoms with Crippen molar-refractivity contribution in [2.24, 2.45) is 0 Å². The van der Waals surface area contributed by atoms with E-state index < -0.39 is 10.0 Å². The lowest BCUT2D eigenvalue weighted by Crippen LogP contribution is -2.27. The Balaban J connectivity index is 0.00000420. The number of benzene rings is 2. The first-order valence-electron chi connectivity index (χ1n) is 8.88. The van der Waals surface area contributed by atoms with E-state index in [4.69, 9.17) is 33.7 Å². The minimum Gasteiger partial charge on any atom is -0.494 e. The number of anilines is 2. The second-order valence-corrected chi connectivity index (χ2v) is 8.52. The molecule has 29 heavy (non-hydrogen) atoms. The normalized spacial score (nSPS) is 11.2. The van der Waals surface area contributed by atoms with Gasteiger partial charge in [0, 0.05) is 48.3 Å². The van der Waals surface area contributed by atoms with E-state index in [9.17, 15) is 8.42 Å². The van der Waals surface area contributed by atoms with Crippen molar-refractivity contribution in [1.82, 2.24) is 4.90 Å². The number of ether oxygens (including phenoxy) is 1. The van der Waals surface area contributed by atoms with Gasteiger partial charge in [-0.05, 0) is 49.4 Å². The van der Waals surface area contributed by atoms with Crippen molar-refractivity contribution in [3.8, 4) is 5.75 Å². The number of nitrogens with two attached hydrogens (primary N) is 1. The van der Waals surface area contributed by atoms with E-state index in [-0.39, 0.29) is 17.3 Å². The third kappa shape index (κ3) is 7.75. The summed E-state index contributed by atoms with van der Waals surface area (Å²) in [5.74, 6) is 1.65. The van der Waals surface area contributed by atoms with Crippen LogP contribution in [0.1, 0.15) is 12.5 Å². The first-order chi connectivity index (χ1) is 13.4. The highest BCUT2D eigenvalue weighted by Gasteiger charge is 2.16. The van der Waals surface area contributed by atoms with Crippen LogP contribution < -0.4 is 15.2 Å². The quantitative estimate of drug-likeness (QED) is 0.371. The van der Waals surface area contributed by atoms with E-state index >= 15 is 0 Å². The van der Waals surface area contributed by atoms with E-state index in [1.807, 2.05) is 6.92 Å². The summed E-state index contributed by atoms with van der Waals surface area (Å²) in [5.41, 5.74) is 7.44. The molecule has 0 atom stereocenters. The molecule has 0 aromatic heterocycles. The van der Waals surface area contributed by atoms with Gasteiger partial charge in [0.2, 0.25) is 0 Å². The fraction of sp³-hybridized carbons (Fsp3) is 0.368. The SMILES string of the molecule is CCOc1ccc(NS(=O)(=O)c2ccc(N)cc2)cc1CN(CCCl)CCCl.Cl. The van der Waals surface area contributed by atoms with Gasteiger partial charge in [-0.25, -0.2) is 8.42 Å². The molecule has 0 aliphatic carbocycles. The molecule has 0 fully saturated rings. The lowest BCUT2D eigenvalue weighted by molar-refractivity contribution is 0.285. The van der Waals surface area contributed by atoms with Crippen molar-refractivity contribution in [3.63, 3.8) is 0 Å². The summed E-state index contributed by atoms with van der Waals surface area (Å²) in [7, 11) is -3.72. The minimum atomic E-state index is -3.72. The summed E-state index contributed by atoms with van der Waals surface area (Å²) in [6.07, 6.45) is 0. The molecular formula is C19H26Cl3N3O3S. The van der Waals surface area contributed by atoms with Gasteiger partial charge in [-0.15, -0.1) is 35.6 Å². The third-order valence-corrected chi connectivity index (χ3v) is 5.73. The van der Waals surface area contributed by atoms with Crippen LogP contribution in [0.2, 0.25) is 0 Å². The Labute approximate surface area is 188 Å². The molecule has 10 heteroatoms. The molecule has 0 saturated carbocycles. The molecule has 2 rings (SSSR count). The number of rotatable bonds is 11. The number of hydrogen-bond acceptors (Lipinski definition) is 5. The molecule has 0 radical (unpaired) electrons. The lowest BCUT2D eigenvalue weighted by Gasteiger charge is -2.22. The highest BCUT2D eigenvalue weighted by molar-refractivity contribution is 7.92. The minimum absolute atomic E-state index is 0. The number of nitrogens with zero attached hydrogens (tertiary/aromatic N) is 1. The summed E-state index contributed by atoms with van der Waals surface area (Å²) >= 11 is 11.8. The zero-order chi connectivity index (χ0) is 20.6. The van der Waals surface area contributed by atoms with Crippen LogP contribution in [0, 0.1) is 0 Å². The number of sulfonamides is 1. The summed E-state index contributed by atoms with van der Waals surface area (Å²) in [6.45, 7) is 4.29. The average Bonchev–Trinajstić information content (AvgIpc) is 2.64. The van der Waals surface area contributed by atoms with Gasteiger partial charge in [0.25, 0.3) is 10.0 Å². The van der Waals surface area contributed by atoms with E-state index in [1.165, 1.54) is 12.1 Å². The Hall–Kier alpha value is -1.38. The summed E-state index contributed by atoms with van der Waals surface area (Å²) in [4.78, 5) is 2.24. The van der Waals surface area contributed by atoms with Crippen LogP contribution in [0.15, 0.2) is 47.4 Å². The molecule has 0 saturated heterocycles. The second-order valence-electron chi connectivity index (χ2n) is 6.08. The number of nitrogens with one attached hydrogen (secondary N) is 1. The Morgan fingerprint density at radius 1 is 1.07 bits per heavy atom. The smallest absolute Gasteiger partial charge is 0.261 e. The highest BCUT2D eigenvalue weighted by Crippen LogP contribution is 2.26. The standard InChI is InChI=1S/C19H25Cl2N3O3S.ClH/c1-2-27-19-8-5-17(13-15(19)14-24(11-9-20)12-10-21)23-28(25,26)18-6-3-16(22)4-7-18;/h3-8,13,23H,2,9-12,14,22H2,1H3;1H. The molecule has 6 nitrogen and oxygen atoms in total. The van der Waals surface area contributed by atoms with E-state index in [1.54, 1.807) is 30.3 Å². The molecule has 0 bridgehead atoms. The summed E-state index contributed by atoms with van der Waals surface area (Å²) < 4.78 is 33.6. The Morgan fingerprint density at radius 2 is 1.69 bits per heavy atom. The zero-order valence-corrected chi connectivity index (χ0v) is 19.3. The van der Waals surface area contributed by atoms with Crippen molar-refractivity contribution in [2.75, 3.05) is 41.9 Å². The fourth-order valence-corrected chi connectivity index (χ4v) is 4.20. The van der Waals surface area contributed by atoms with E-state index in [0.29, 0.717) is 55.1 Å². The van der Waals surface area contributed by atoms with Gasteiger partial charge in [0.05, 0.1) is 11.5 Å². The highest BCUT2D eigenvalue weighted by atomic mass is 35.5. The van der Waals surface area contributed by atoms with Crippen LogP contribution in [-0.2, 0) is 16.6 Å². The topological polar surface area (TPSA) is 84.7 Å². The Kier molecular flexibility index (Phi) is 10.9. The predicted molar refractivity (Wildman–Crippen MR) is 123 cm³/mol. The summed E-state index contributed by atoms with van der Waals surface area (Å²) in [5, 5.41) is 0. The molecular weight excluding hydrogens is 457 g/mol. The van der Waals surface area contributed by atoms with Gasteiger partial charge in [-0.2, -0.15) is 0 Å². The van der Waals surface area contributed by atoms with Gasteiger partial charge in [0.1, 0.15) is 5.75 Å². The van der Waals surface area contributed by atoms with Crippen molar-refractivity contribution < 1.29 is 13.2 Å². The molecule has 0 spiro atoms. The number of alkyl halides is 2. The molecule has 0 unspecified atom stereocenters. The molecule has 0 amide bonds. The van der Waals surface area contributed by atoms with Crippen molar-refractivity contribution in [1.29, 1.82) is 0 Å². The van der Waals surface area contributed by atoms with Crippen molar-refractivity contribution in [2.45, 2.75) is 18.4 Å². The number of hydrogen-bond donors (Lipinski definition) is 2. The largest absolute Gasteiger partial charge is 0.494 e. The molecule has 0 aliphatic rings. The number of nitrogen functional groups attached to an aromatic ring is 1. The van der Waals surface area contributed by atoms with Gasteiger partial charge >= 0.3 is 0 Å². The van der Waals surface area contributed by atoms with Crippen LogP contribution >= 0.6 is 35.6 Å². The van der Waals surface area contributed by atoms with Crippen LogP contribution in [0.5, 0.6) is 5.75 Å². The molecule has 162 valence electrons. The predicted octanol–water partition coefficient (Wildman–Crippen LogP) is 4.17. The van der Waals surface area contributed by atoms with Gasteiger partial charge in [0.15, 0.2) is 0 Å². The fourth-order valence-electron chi connectivity index (χ4n) is 2.67. The molecule has 2 aromatic carbocycles. The van der Waals surface area contributed by atoms with Gasteiger partial charge in [-0.3, -0.25) is 9.62 Å². The van der Waals surface area contributed by atoms with Crippen LogP contribution in [0.3, 0.4) is 0 Å². The van der Waals surface area contributed by atoms with Crippen molar-refractivity contribution in [3.05, 3.63) is 48.0 Å². The Bertz CT molecular complexity index is 859. The van der Waals surface area contributed by atoms with E-state index in [0.717, 1.165) is 5.56 Å². The first-order valence-corrected chi connectivity index (χ1v) is 11.4. The molecule has 2 aromatic rings. The maximum absolute atomic E-state index is 12.6. The monoisotopic (exact) mass is 481 g/mol. The first kappa shape index (κ1) is 25.7. The van der Waals surface area contributed by atoms with Crippen molar-refractivity contribution >= 4 is 57.0 Å². The maximum atomic E-state index is 12.6.